The molecule has 0 atom stereocenters. The van der Waals surface area contributed by atoms with Crippen molar-refractivity contribution in [2.24, 2.45) is 0 Å². The number of rotatable bonds is 5. The van der Waals surface area contributed by atoms with Gasteiger partial charge in [-0.1, -0.05) is 43.3 Å². The molecule has 0 spiro atoms. The lowest BCUT2D eigenvalue weighted by Gasteiger charge is -2.19. The third kappa shape index (κ3) is 4.33. The molecule has 0 N–H and O–H groups in total. The highest BCUT2D eigenvalue weighted by molar-refractivity contribution is 8.12. The summed E-state index contributed by atoms with van der Waals surface area (Å²) < 4.78 is 1.74. The molecule has 2 aromatic carbocycles. The minimum Gasteiger partial charge on any atom is -0.273 e. The molecule has 0 aliphatic heterocycles. The van der Waals surface area contributed by atoms with Gasteiger partial charge in [0.2, 0.25) is 5.91 Å². The first-order chi connectivity index (χ1) is 9.29. The number of benzene rings is 2. The first-order valence-electron chi connectivity index (χ1n) is 6.08. The zero-order valence-corrected chi connectivity index (χ0v) is 12.3. The molecule has 4 heteroatoms. The molecule has 0 unspecified atom stereocenters. The third-order valence-corrected chi connectivity index (χ3v) is 4.52. The molecule has 19 heavy (non-hydrogen) atoms. The Balaban J connectivity index is 2.10. The van der Waals surface area contributed by atoms with E-state index >= 15 is 0 Å². The fraction of sp³-hybridized carbons (Fsp3) is 0.133. The fourth-order valence-corrected chi connectivity index (χ4v) is 3.47. The molecule has 0 saturated heterocycles. The van der Waals surface area contributed by atoms with Gasteiger partial charge in [0, 0.05) is 40.1 Å². The number of carbonyl (C=O) groups excluding carboxylic acids is 1. The molecule has 98 valence electrons. The van der Waals surface area contributed by atoms with E-state index in [9.17, 15) is 4.79 Å². The van der Waals surface area contributed by atoms with E-state index < -0.39 is 0 Å². The van der Waals surface area contributed by atoms with Crippen molar-refractivity contribution in [1.82, 2.24) is 3.71 Å². The second kappa shape index (κ2) is 7.26. The number of carbonyl (C=O) groups is 1. The predicted octanol–water partition coefficient (Wildman–Crippen LogP) is 4.64. The Kier molecular flexibility index (Phi) is 5.36. The Morgan fingerprint density at radius 3 is 1.68 bits per heavy atom. The Bertz CT molecular complexity index is 475. The van der Waals surface area contributed by atoms with Crippen LogP contribution in [0.5, 0.6) is 0 Å². The van der Waals surface area contributed by atoms with Crippen LogP contribution in [0.2, 0.25) is 0 Å². The van der Waals surface area contributed by atoms with E-state index in [-0.39, 0.29) is 5.91 Å². The zero-order valence-electron chi connectivity index (χ0n) is 10.7. The van der Waals surface area contributed by atoms with Gasteiger partial charge in [0.15, 0.2) is 0 Å². The SMILES string of the molecule is CCC(=O)N(Sc1ccccc1)Sc1ccccc1. The number of amides is 1. The van der Waals surface area contributed by atoms with Gasteiger partial charge in [-0.25, -0.2) is 3.71 Å². The molecule has 2 rings (SSSR count). The number of hydrogen-bond donors (Lipinski definition) is 0. The monoisotopic (exact) mass is 289 g/mol. The van der Waals surface area contributed by atoms with Crippen molar-refractivity contribution in [2.75, 3.05) is 0 Å². The second-order valence-electron chi connectivity index (χ2n) is 3.81. The summed E-state index contributed by atoms with van der Waals surface area (Å²) in [5.74, 6) is 0.114. The molecule has 0 heterocycles. The minimum absolute atomic E-state index is 0.114. The molecule has 0 radical (unpaired) electrons. The maximum atomic E-state index is 12.0. The van der Waals surface area contributed by atoms with Crippen molar-refractivity contribution in [3.8, 4) is 0 Å². The average molecular weight is 289 g/mol. The second-order valence-corrected chi connectivity index (χ2v) is 6.08. The Labute approximate surface area is 122 Å². The fourth-order valence-electron chi connectivity index (χ4n) is 1.40. The highest BCUT2D eigenvalue weighted by Gasteiger charge is 2.15. The van der Waals surface area contributed by atoms with Gasteiger partial charge in [0.25, 0.3) is 0 Å². The summed E-state index contributed by atoms with van der Waals surface area (Å²) in [6.07, 6.45) is 0.500. The topological polar surface area (TPSA) is 20.3 Å². The van der Waals surface area contributed by atoms with Crippen LogP contribution >= 0.6 is 23.9 Å². The maximum Gasteiger partial charge on any atom is 0.242 e. The van der Waals surface area contributed by atoms with E-state index in [1.54, 1.807) is 3.71 Å². The third-order valence-electron chi connectivity index (χ3n) is 2.37. The van der Waals surface area contributed by atoms with Crippen molar-refractivity contribution in [2.45, 2.75) is 23.1 Å². The first kappa shape index (κ1) is 14.0. The largest absolute Gasteiger partial charge is 0.273 e. The van der Waals surface area contributed by atoms with Crippen molar-refractivity contribution < 1.29 is 4.79 Å². The molecule has 0 aliphatic rings. The van der Waals surface area contributed by atoms with Crippen LogP contribution in [0.3, 0.4) is 0 Å². The molecule has 0 saturated carbocycles. The first-order valence-corrected chi connectivity index (χ1v) is 7.63. The Morgan fingerprint density at radius 1 is 0.895 bits per heavy atom. The predicted molar refractivity (Wildman–Crippen MR) is 81.7 cm³/mol. The molecule has 0 aromatic heterocycles. The van der Waals surface area contributed by atoms with Gasteiger partial charge in [-0.05, 0) is 24.3 Å². The summed E-state index contributed by atoms with van der Waals surface area (Å²) in [5, 5.41) is 0. The van der Waals surface area contributed by atoms with E-state index in [0.29, 0.717) is 6.42 Å². The lowest BCUT2D eigenvalue weighted by molar-refractivity contribution is -0.122. The molecule has 2 nitrogen and oxygen atoms in total. The van der Waals surface area contributed by atoms with Gasteiger partial charge in [-0.3, -0.25) is 4.79 Å². The van der Waals surface area contributed by atoms with Crippen LogP contribution in [0.4, 0.5) is 0 Å². The van der Waals surface area contributed by atoms with Gasteiger partial charge in [-0.2, -0.15) is 0 Å². The average Bonchev–Trinajstić information content (AvgIpc) is 2.48. The summed E-state index contributed by atoms with van der Waals surface area (Å²) in [4.78, 5) is 14.1. The van der Waals surface area contributed by atoms with Crippen LogP contribution in [0.25, 0.3) is 0 Å². The zero-order chi connectivity index (χ0) is 13.5. The molecule has 0 fully saturated rings. The molecular formula is C15H15NOS2. The van der Waals surface area contributed by atoms with Gasteiger partial charge in [-0.15, -0.1) is 0 Å². The smallest absolute Gasteiger partial charge is 0.242 e. The van der Waals surface area contributed by atoms with Crippen LogP contribution in [-0.4, -0.2) is 9.62 Å². The normalized spacial score (nSPS) is 10.2. The van der Waals surface area contributed by atoms with E-state index in [1.165, 1.54) is 23.9 Å². The number of nitrogens with zero attached hydrogens (tertiary/aromatic N) is 1. The van der Waals surface area contributed by atoms with Crippen LogP contribution in [0, 0.1) is 0 Å². The van der Waals surface area contributed by atoms with Crippen LogP contribution in [0.15, 0.2) is 70.5 Å². The van der Waals surface area contributed by atoms with Gasteiger partial charge in [0.05, 0.1) is 0 Å². The van der Waals surface area contributed by atoms with Crippen LogP contribution in [-0.2, 0) is 4.79 Å². The maximum absolute atomic E-state index is 12.0. The summed E-state index contributed by atoms with van der Waals surface area (Å²) in [6, 6.07) is 19.9. The van der Waals surface area contributed by atoms with E-state index in [0.717, 1.165) is 9.79 Å². The van der Waals surface area contributed by atoms with E-state index in [4.69, 9.17) is 0 Å². The summed E-state index contributed by atoms with van der Waals surface area (Å²) in [6.45, 7) is 1.88. The standard InChI is InChI=1S/C15H15NOS2/c1-2-15(17)16(18-13-9-5-3-6-10-13)19-14-11-7-4-8-12-14/h3-12H,2H2,1H3. The van der Waals surface area contributed by atoms with E-state index in [1.807, 2.05) is 67.6 Å². The molecule has 0 aliphatic carbocycles. The Morgan fingerprint density at radius 2 is 1.32 bits per heavy atom. The minimum atomic E-state index is 0.114. The molecule has 2 aromatic rings. The van der Waals surface area contributed by atoms with E-state index in [2.05, 4.69) is 0 Å². The lowest BCUT2D eigenvalue weighted by Crippen LogP contribution is -2.15. The summed E-state index contributed by atoms with van der Waals surface area (Å²) >= 11 is 2.93. The molecular weight excluding hydrogens is 274 g/mol. The van der Waals surface area contributed by atoms with Crippen molar-refractivity contribution in [1.29, 1.82) is 0 Å². The van der Waals surface area contributed by atoms with Gasteiger partial charge >= 0.3 is 0 Å². The highest BCUT2D eigenvalue weighted by atomic mass is 32.2. The summed E-state index contributed by atoms with van der Waals surface area (Å²) in [7, 11) is 0. The summed E-state index contributed by atoms with van der Waals surface area (Å²) in [5.41, 5.74) is 0. The van der Waals surface area contributed by atoms with Gasteiger partial charge in [0.1, 0.15) is 0 Å². The molecule has 0 bridgehead atoms. The Hall–Kier alpha value is -1.39. The quantitative estimate of drug-likeness (QED) is 0.748. The molecule has 1 amide bonds. The van der Waals surface area contributed by atoms with Crippen molar-refractivity contribution in [3.05, 3.63) is 60.7 Å². The van der Waals surface area contributed by atoms with Crippen molar-refractivity contribution >= 4 is 29.8 Å². The number of hydrogen-bond acceptors (Lipinski definition) is 3. The van der Waals surface area contributed by atoms with Gasteiger partial charge < -0.3 is 0 Å². The highest BCUT2D eigenvalue weighted by Crippen LogP contribution is 2.34. The lowest BCUT2D eigenvalue weighted by atomic mass is 10.4. The van der Waals surface area contributed by atoms with Crippen LogP contribution < -0.4 is 0 Å². The van der Waals surface area contributed by atoms with Crippen LogP contribution in [0.1, 0.15) is 13.3 Å². The van der Waals surface area contributed by atoms with Crippen molar-refractivity contribution in [3.63, 3.8) is 0 Å².